The molecule has 2 aliphatic rings. The second-order valence-corrected chi connectivity index (χ2v) is 16.4. The predicted molar refractivity (Wildman–Crippen MR) is 141 cm³/mol. The number of carbonyl (C=O) groups excluding carboxylic acids is 1. The molecule has 34 heavy (non-hydrogen) atoms. The average Bonchev–Trinajstić information content (AvgIpc) is 2.78. The lowest BCUT2D eigenvalue weighted by atomic mass is 9.74. The van der Waals surface area contributed by atoms with Gasteiger partial charge in [-0.25, -0.2) is 4.79 Å². The third kappa shape index (κ3) is 6.34. The molecule has 1 aliphatic heterocycles. The Hall–Kier alpha value is -1.59. The Labute approximate surface area is 208 Å². The monoisotopic (exact) mass is 486 g/mol. The third-order valence-corrected chi connectivity index (χ3v) is 12.7. The van der Waals surface area contributed by atoms with Gasteiger partial charge in [0, 0.05) is 18.3 Å². The molecule has 190 valence electrons. The van der Waals surface area contributed by atoms with E-state index in [2.05, 4.69) is 58.1 Å². The van der Waals surface area contributed by atoms with Gasteiger partial charge in [-0.15, -0.1) is 0 Å². The summed E-state index contributed by atoms with van der Waals surface area (Å²) in [6, 6.07) is 10.6. The zero-order chi connectivity index (χ0) is 24.8. The Kier molecular flexibility index (Phi) is 9.08. The summed E-state index contributed by atoms with van der Waals surface area (Å²) in [6.45, 7) is 11.4. The molecule has 1 heterocycles. The normalized spacial score (nSPS) is 27.3. The van der Waals surface area contributed by atoms with Crippen molar-refractivity contribution in [2.45, 2.75) is 115 Å². The molecule has 0 bridgehead atoms. The predicted octanol–water partition coefficient (Wildman–Crippen LogP) is 8.11. The number of hydrogen-bond acceptors (Lipinski definition) is 4. The van der Waals surface area contributed by atoms with Crippen LogP contribution in [-0.4, -0.2) is 27.2 Å². The smallest absolute Gasteiger partial charge is 0.373 e. The summed E-state index contributed by atoms with van der Waals surface area (Å²) in [5.74, 6) is -0.725. The number of methoxy groups -OCH3 is 1. The number of benzene rings is 1. The zero-order valence-electron chi connectivity index (χ0n) is 22.3. The standard InChI is InChI=1S/C29H46O4Si/c1-28(2,3)34(5,6)33-29-21-17-12-10-8-7-9-11-16-20-25(29)24(23-18-14-13-15-19-23)22-26(32-29)27(30)31-4/h13-15,18-19,22,24-25H,7-12,16-17,20-21H2,1-6H3/t24-,25-,29+/m1/s1. The van der Waals surface area contributed by atoms with Crippen LogP contribution in [0.1, 0.15) is 96.5 Å². The number of fused-ring (bicyclic) bond motifs is 1. The highest BCUT2D eigenvalue weighted by atomic mass is 28.4. The van der Waals surface area contributed by atoms with Crippen LogP contribution in [-0.2, 0) is 18.7 Å². The van der Waals surface area contributed by atoms with E-state index in [1.54, 1.807) is 0 Å². The zero-order valence-corrected chi connectivity index (χ0v) is 23.3. The molecule has 1 aromatic carbocycles. The first-order valence-electron chi connectivity index (χ1n) is 13.3. The summed E-state index contributed by atoms with van der Waals surface area (Å²) >= 11 is 0. The molecule has 0 spiro atoms. The van der Waals surface area contributed by atoms with E-state index < -0.39 is 20.1 Å². The van der Waals surface area contributed by atoms with E-state index in [1.807, 2.05) is 12.1 Å². The maximum atomic E-state index is 12.8. The number of hydrogen-bond donors (Lipinski definition) is 0. The van der Waals surface area contributed by atoms with Crippen molar-refractivity contribution in [2.24, 2.45) is 5.92 Å². The van der Waals surface area contributed by atoms with Gasteiger partial charge in [0.2, 0.25) is 11.5 Å². The number of rotatable bonds is 4. The minimum absolute atomic E-state index is 0.0359. The molecular formula is C29H46O4Si. The van der Waals surface area contributed by atoms with Gasteiger partial charge in [0.15, 0.2) is 8.32 Å². The van der Waals surface area contributed by atoms with Crippen LogP contribution in [0.2, 0.25) is 18.1 Å². The van der Waals surface area contributed by atoms with Gasteiger partial charge in [-0.05, 0) is 42.6 Å². The minimum atomic E-state index is -2.21. The molecule has 1 aliphatic carbocycles. The molecule has 0 saturated heterocycles. The summed E-state index contributed by atoms with van der Waals surface area (Å²) in [7, 11) is -0.781. The van der Waals surface area contributed by atoms with E-state index in [0.717, 1.165) is 25.7 Å². The lowest BCUT2D eigenvalue weighted by Gasteiger charge is -2.52. The van der Waals surface area contributed by atoms with Gasteiger partial charge in [0.25, 0.3) is 0 Å². The van der Waals surface area contributed by atoms with Crippen LogP contribution in [0.25, 0.3) is 0 Å². The summed E-state index contributed by atoms with van der Waals surface area (Å²) in [6.07, 6.45) is 13.6. The van der Waals surface area contributed by atoms with Crippen LogP contribution in [0.4, 0.5) is 0 Å². The van der Waals surface area contributed by atoms with Gasteiger partial charge in [-0.3, -0.25) is 0 Å². The van der Waals surface area contributed by atoms with Gasteiger partial charge in [0.05, 0.1) is 7.11 Å². The fraction of sp³-hybridized carbons (Fsp3) is 0.690. The van der Waals surface area contributed by atoms with Crippen LogP contribution in [0.5, 0.6) is 0 Å². The van der Waals surface area contributed by atoms with Crippen molar-refractivity contribution in [3.63, 3.8) is 0 Å². The highest BCUT2D eigenvalue weighted by Gasteiger charge is 2.54. The van der Waals surface area contributed by atoms with Gasteiger partial charge in [-0.2, -0.15) is 0 Å². The van der Waals surface area contributed by atoms with Crippen molar-refractivity contribution in [2.75, 3.05) is 7.11 Å². The fourth-order valence-corrected chi connectivity index (χ4v) is 6.69. The van der Waals surface area contributed by atoms with Gasteiger partial charge < -0.3 is 13.9 Å². The molecular weight excluding hydrogens is 440 g/mol. The number of allylic oxidation sites excluding steroid dienone is 1. The SMILES string of the molecule is COC(=O)C1=C[C@H](c2ccccc2)[C@H]2CCCCCCCCCC[C@@]2(O[Si](C)(C)C(C)(C)C)O1. The lowest BCUT2D eigenvalue weighted by molar-refractivity contribution is -0.224. The highest BCUT2D eigenvalue weighted by molar-refractivity contribution is 6.74. The van der Waals surface area contributed by atoms with Crippen molar-refractivity contribution in [3.05, 3.63) is 47.7 Å². The Morgan fingerprint density at radius 1 is 0.971 bits per heavy atom. The first-order chi connectivity index (χ1) is 16.1. The van der Waals surface area contributed by atoms with E-state index in [9.17, 15) is 4.79 Å². The van der Waals surface area contributed by atoms with Crippen molar-refractivity contribution in [1.29, 1.82) is 0 Å². The maximum absolute atomic E-state index is 12.8. The summed E-state index contributed by atoms with van der Waals surface area (Å²) in [4.78, 5) is 12.8. The topological polar surface area (TPSA) is 44.8 Å². The largest absolute Gasteiger partial charge is 0.463 e. The molecule has 4 nitrogen and oxygen atoms in total. The highest BCUT2D eigenvalue weighted by Crippen LogP contribution is 2.52. The Morgan fingerprint density at radius 3 is 2.15 bits per heavy atom. The Balaban J connectivity index is 2.13. The fourth-order valence-electron chi connectivity index (χ4n) is 5.23. The third-order valence-electron chi connectivity index (χ3n) is 8.21. The molecule has 1 saturated carbocycles. The van der Waals surface area contributed by atoms with Gasteiger partial charge >= 0.3 is 5.97 Å². The molecule has 0 aromatic heterocycles. The van der Waals surface area contributed by atoms with E-state index in [0.29, 0.717) is 5.76 Å². The number of carbonyl (C=O) groups is 1. The van der Waals surface area contributed by atoms with Crippen molar-refractivity contribution in [1.82, 2.24) is 0 Å². The molecule has 0 radical (unpaired) electrons. The average molecular weight is 487 g/mol. The van der Waals surface area contributed by atoms with Crippen LogP contribution >= 0.6 is 0 Å². The van der Waals surface area contributed by atoms with Crippen LogP contribution < -0.4 is 0 Å². The van der Waals surface area contributed by atoms with Crippen molar-refractivity contribution >= 4 is 14.3 Å². The number of ether oxygens (including phenoxy) is 2. The first-order valence-corrected chi connectivity index (χ1v) is 16.2. The van der Waals surface area contributed by atoms with E-state index in [1.165, 1.54) is 51.2 Å². The van der Waals surface area contributed by atoms with E-state index >= 15 is 0 Å². The van der Waals surface area contributed by atoms with Crippen LogP contribution in [0.3, 0.4) is 0 Å². The minimum Gasteiger partial charge on any atom is -0.463 e. The summed E-state index contributed by atoms with van der Waals surface area (Å²) < 4.78 is 19.2. The molecule has 0 N–H and O–H groups in total. The van der Waals surface area contributed by atoms with Gasteiger partial charge in [-0.1, -0.05) is 96.0 Å². The molecule has 0 unspecified atom stereocenters. The van der Waals surface area contributed by atoms with E-state index in [4.69, 9.17) is 13.9 Å². The van der Waals surface area contributed by atoms with Gasteiger partial charge in [0.1, 0.15) is 0 Å². The van der Waals surface area contributed by atoms with Crippen molar-refractivity contribution < 1.29 is 18.7 Å². The lowest BCUT2D eigenvalue weighted by Crippen LogP contribution is -2.57. The molecule has 5 heteroatoms. The molecule has 3 atom stereocenters. The quantitative estimate of drug-likeness (QED) is 0.318. The molecule has 1 aromatic rings. The van der Waals surface area contributed by atoms with E-state index in [-0.39, 0.29) is 16.9 Å². The summed E-state index contributed by atoms with van der Waals surface area (Å²) in [5, 5.41) is 0.0359. The molecule has 1 fully saturated rings. The Morgan fingerprint density at radius 2 is 1.56 bits per heavy atom. The van der Waals surface area contributed by atoms with Crippen LogP contribution in [0, 0.1) is 5.92 Å². The Bertz CT molecular complexity index is 826. The van der Waals surface area contributed by atoms with Crippen LogP contribution in [0.15, 0.2) is 42.2 Å². The molecule has 3 rings (SSSR count). The maximum Gasteiger partial charge on any atom is 0.373 e. The molecule has 0 amide bonds. The first kappa shape index (κ1) is 27.0. The second kappa shape index (κ2) is 11.4. The van der Waals surface area contributed by atoms with Crippen molar-refractivity contribution in [3.8, 4) is 0 Å². The summed E-state index contributed by atoms with van der Waals surface area (Å²) in [5.41, 5.74) is 1.22. The number of esters is 1. The second-order valence-electron chi connectivity index (χ2n) is 11.7.